The summed E-state index contributed by atoms with van der Waals surface area (Å²) in [4.78, 5) is 14.4. The molecule has 1 fully saturated rings. The standard InChI is InChI=1S/C14H29N3O/c1-10-9-17(8-7-12(10)15-6)11(2)13(18)16-14(3,4)5/h10-12,15H,7-9H2,1-6H3,(H,16,18). The van der Waals surface area contributed by atoms with E-state index in [0.717, 1.165) is 19.5 Å². The molecule has 1 heterocycles. The Labute approximate surface area is 111 Å². The molecule has 0 radical (unpaired) electrons. The number of nitrogens with zero attached hydrogens (tertiary/aromatic N) is 1. The van der Waals surface area contributed by atoms with Gasteiger partial charge in [0, 0.05) is 24.7 Å². The van der Waals surface area contributed by atoms with Crippen molar-refractivity contribution in [3.05, 3.63) is 0 Å². The van der Waals surface area contributed by atoms with Crippen molar-refractivity contribution in [2.75, 3.05) is 20.1 Å². The van der Waals surface area contributed by atoms with Gasteiger partial charge < -0.3 is 10.6 Å². The predicted octanol–water partition coefficient (Wildman–Crippen LogP) is 1.22. The Morgan fingerprint density at radius 3 is 2.44 bits per heavy atom. The summed E-state index contributed by atoms with van der Waals surface area (Å²) in [5.41, 5.74) is -0.153. The Morgan fingerprint density at radius 2 is 2.00 bits per heavy atom. The van der Waals surface area contributed by atoms with Gasteiger partial charge in [-0.1, -0.05) is 6.92 Å². The fourth-order valence-electron chi connectivity index (χ4n) is 2.60. The molecule has 0 aromatic carbocycles. The molecule has 18 heavy (non-hydrogen) atoms. The molecular formula is C14H29N3O. The van der Waals surface area contributed by atoms with Crippen LogP contribution in [0.4, 0.5) is 0 Å². The van der Waals surface area contributed by atoms with Crippen LogP contribution in [-0.4, -0.2) is 48.6 Å². The molecule has 106 valence electrons. The lowest BCUT2D eigenvalue weighted by Crippen LogP contribution is -2.56. The van der Waals surface area contributed by atoms with Gasteiger partial charge >= 0.3 is 0 Å². The molecule has 0 aromatic heterocycles. The van der Waals surface area contributed by atoms with Crippen molar-refractivity contribution in [2.24, 2.45) is 5.92 Å². The van der Waals surface area contributed by atoms with E-state index < -0.39 is 0 Å². The number of carbonyl (C=O) groups is 1. The predicted molar refractivity (Wildman–Crippen MR) is 75.6 cm³/mol. The van der Waals surface area contributed by atoms with Gasteiger partial charge in [0.2, 0.25) is 5.91 Å². The molecule has 0 aromatic rings. The Morgan fingerprint density at radius 1 is 1.39 bits per heavy atom. The molecule has 2 N–H and O–H groups in total. The topological polar surface area (TPSA) is 44.4 Å². The van der Waals surface area contributed by atoms with E-state index in [1.54, 1.807) is 0 Å². The van der Waals surface area contributed by atoms with Crippen LogP contribution < -0.4 is 10.6 Å². The van der Waals surface area contributed by atoms with Gasteiger partial charge in [0.15, 0.2) is 0 Å². The zero-order valence-corrected chi connectivity index (χ0v) is 12.7. The molecule has 0 spiro atoms. The third-order valence-electron chi connectivity index (χ3n) is 3.73. The number of carbonyl (C=O) groups excluding carboxylic acids is 1. The average molecular weight is 255 g/mol. The maximum atomic E-state index is 12.1. The van der Waals surface area contributed by atoms with Gasteiger partial charge in [-0.15, -0.1) is 0 Å². The Balaban J connectivity index is 2.53. The van der Waals surface area contributed by atoms with Crippen LogP contribution in [0.1, 0.15) is 41.0 Å². The first-order valence-electron chi connectivity index (χ1n) is 6.98. The number of hydrogen-bond donors (Lipinski definition) is 2. The number of likely N-dealkylation sites (tertiary alicyclic amines) is 1. The molecule has 3 atom stereocenters. The minimum atomic E-state index is -0.153. The zero-order valence-electron chi connectivity index (χ0n) is 12.7. The van der Waals surface area contributed by atoms with Crippen LogP contribution in [0.15, 0.2) is 0 Å². The summed E-state index contributed by atoms with van der Waals surface area (Å²) in [6.07, 6.45) is 1.12. The van der Waals surface area contributed by atoms with Crippen molar-refractivity contribution in [3.8, 4) is 0 Å². The smallest absolute Gasteiger partial charge is 0.237 e. The van der Waals surface area contributed by atoms with Crippen LogP contribution in [0.5, 0.6) is 0 Å². The van der Waals surface area contributed by atoms with Crippen molar-refractivity contribution >= 4 is 5.91 Å². The third-order valence-corrected chi connectivity index (χ3v) is 3.73. The highest BCUT2D eigenvalue weighted by Crippen LogP contribution is 2.18. The maximum Gasteiger partial charge on any atom is 0.237 e. The van der Waals surface area contributed by atoms with Gasteiger partial charge in [0.25, 0.3) is 0 Å². The van der Waals surface area contributed by atoms with Gasteiger partial charge in [0.1, 0.15) is 0 Å². The molecule has 0 saturated carbocycles. The summed E-state index contributed by atoms with van der Waals surface area (Å²) in [6.45, 7) is 12.3. The zero-order chi connectivity index (χ0) is 13.9. The summed E-state index contributed by atoms with van der Waals surface area (Å²) >= 11 is 0. The fourth-order valence-corrected chi connectivity index (χ4v) is 2.60. The SMILES string of the molecule is CNC1CCN(C(C)C(=O)NC(C)(C)C)CC1C. The van der Waals surface area contributed by atoms with Crippen LogP contribution in [0.25, 0.3) is 0 Å². The average Bonchev–Trinajstić information content (AvgIpc) is 2.25. The van der Waals surface area contributed by atoms with Crippen molar-refractivity contribution in [3.63, 3.8) is 0 Å². The first kappa shape index (κ1) is 15.4. The van der Waals surface area contributed by atoms with Crippen LogP contribution >= 0.6 is 0 Å². The van der Waals surface area contributed by atoms with E-state index in [0.29, 0.717) is 12.0 Å². The largest absolute Gasteiger partial charge is 0.350 e. The second kappa shape index (κ2) is 6.02. The first-order chi connectivity index (χ1) is 8.24. The van der Waals surface area contributed by atoms with Crippen LogP contribution in [0.3, 0.4) is 0 Å². The molecule has 1 rings (SSSR count). The van der Waals surface area contributed by atoms with Gasteiger partial charge in [-0.2, -0.15) is 0 Å². The summed E-state index contributed by atoms with van der Waals surface area (Å²) in [7, 11) is 2.02. The van der Waals surface area contributed by atoms with Gasteiger partial charge in [0.05, 0.1) is 6.04 Å². The molecular weight excluding hydrogens is 226 g/mol. The van der Waals surface area contributed by atoms with Crippen molar-refractivity contribution in [1.82, 2.24) is 15.5 Å². The highest BCUT2D eigenvalue weighted by molar-refractivity contribution is 5.81. The van der Waals surface area contributed by atoms with Gasteiger partial charge in [-0.25, -0.2) is 0 Å². The summed E-state index contributed by atoms with van der Waals surface area (Å²) in [5.74, 6) is 0.728. The van der Waals surface area contributed by atoms with Crippen LogP contribution in [-0.2, 0) is 4.79 Å². The lowest BCUT2D eigenvalue weighted by molar-refractivity contribution is -0.128. The number of hydrogen-bond acceptors (Lipinski definition) is 3. The van der Waals surface area contributed by atoms with E-state index in [4.69, 9.17) is 0 Å². The van der Waals surface area contributed by atoms with Crippen molar-refractivity contribution in [2.45, 2.75) is 58.7 Å². The molecule has 1 aliphatic rings. The van der Waals surface area contributed by atoms with Crippen molar-refractivity contribution < 1.29 is 4.79 Å². The molecule has 4 nitrogen and oxygen atoms in total. The number of amides is 1. The summed E-state index contributed by atoms with van der Waals surface area (Å²) in [6, 6.07) is 0.545. The second-order valence-electron chi connectivity index (χ2n) is 6.57. The molecule has 1 aliphatic heterocycles. The Hall–Kier alpha value is -0.610. The molecule has 1 amide bonds. The molecule has 3 unspecified atom stereocenters. The number of nitrogens with one attached hydrogen (secondary N) is 2. The third kappa shape index (κ3) is 4.25. The van der Waals surface area contributed by atoms with Gasteiger partial charge in [-0.3, -0.25) is 9.69 Å². The van der Waals surface area contributed by atoms with Crippen molar-refractivity contribution in [1.29, 1.82) is 0 Å². The Bertz CT molecular complexity index is 285. The van der Waals surface area contributed by atoms with Crippen LogP contribution in [0, 0.1) is 5.92 Å². The molecule has 4 heteroatoms. The number of piperidine rings is 1. The maximum absolute atomic E-state index is 12.1. The lowest BCUT2D eigenvalue weighted by atomic mass is 9.93. The quantitative estimate of drug-likeness (QED) is 0.797. The van der Waals surface area contributed by atoms with Crippen LogP contribution in [0.2, 0.25) is 0 Å². The Kier molecular flexibility index (Phi) is 5.17. The van der Waals surface area contributed by atoms with E-state index >= 15 is 0 Å². The molecule has 0 aliphatic carbocycles. The lowest BCUT2D eigenvalue weighted by Gasteiger charge is -2.40. The fraction of sp³-hybridized carbons (Fsp3) is 0.929. The highest BCUT2D eigenvalue weighted by Gasteiger charge is 2.31. The van der Waals surface area contributed by atoms with E-state index in [9.17, 15) is 4.79 Å². The summed E-state index contributed by atoms with van der Waals surface area (Å²) < 4.78 is 0. The van der Waals surface area contributed by atoms with Gasteiger partial charge in [-0.05, 0) is 47.1 Å². The van der Waals surface area contributed by atoms with E-state index in [-0.39, 0.29) is 17.5 Å². The summed E-state index contributed by atoms with van der Waals surface area (Å²) in [5, 5.41) is 6.41. The normalized spacial score (nSPS) is 27.9. The second-order valence-corrected chi connectivity index (χ2v) is 6.57. The molecule has 1 saturated heterocycles. The van der Waals surface area contributed by atoms with E-state index in [1.807, 2.05) is 34.7 Å². The number of rotatable bonds is 3. The minimum absolute atomic E-state index is 0.0375. The van der Waals surface area contributed by atoms with E-state index in [1.165, 1.54) is 0 Å². The molecule has 0 bridgehead atoms. The monoisotopic (exact) mass is 255 g/mol. The van der Waals surface area contributed by atoms with E-state index in [2.05, 4.69) is 22.5 Å². The minimum Gasteiger partial charge on any atom is -0.350 e. The first-order valence-corrected chi connectivity index (χ1v) is 6.98. The highest BCUT2D eigenvalue weighted by atomic mass is 16.2.